The van der Waals surface area contributed by atoms with Crippen LogP contribution >= 0.6 is 15.9 Å². The summed E-state index contributed by atoms with van der Waals surface area (Å²) in [4.78, 5) is 16.9. The van der Waals surface area contributed by atoms with Gasteiger partial charge in [-0.3, -0.25) is 9.69 Å². The van der Waals surface area contributed by atoms with Crippen LogP contribution in [0.15, 0.2) is 21.5 Å². The van der Waals surface area contributed by atoms with Crippen molar-refractivity contribution in [2.75, 3.05) is 31.1 Å². The van der Waals surface area contributed by atoms with E-state index in [0.717, 1.165) is 29.4 Å². The van der Waals surface area contributed by atoms with Crippen LogP contribution in [0.3, 0.4) is 0 Å². The maximum absolute atomic E-state index is 13.1. The molecule has 6 nitrogen and oxygen atoms in total. The maximum atomic E-state index is 13.1. The van der Waals surface area contributed by atoms with Gasteiger partial charge in [-0.15, -0.1) is 0 Å². The first-order valence-corrected chi connectivity index (χ1v) is 12.5. The van der Waals surface area contributed by atoms with E-state index in [1.807, 2.05) is 6.07 Å². The van der Waals surface area contributed by atoms with Crippen molar-refractivity contribution in [1.29, 1.82) is 0 Å². The molecule has 1 saturated carbocycles. The van der Waals surface area contributed by atoms with Crippen LogP contribution in [0.4, 0.5) is 5.69 Å². The molecule has 3 aliphatic rings. The summed E-state index contributed by atoms with van der Waals surface area (Å²) < 4.78 is 29.8. The van der Waals surface area contributed by atoms with Crippen LogP contribution in [0.2, 0.25) is 0 Å². The van der Waals surface area contributed by atoms with E-state index in [2.05, 4.69) is 32.5 Å². The van der Waals surface area contributed by atoms with Gasteiger partial charge in [0.25, 0.3) is 0 Å². The van der Waals surface area contributed by atoms with Gasteiger partial charge in [0.15, 0.2) is 0 Å². The van der Waals surface area contributed by atoms with Crippen molar-refractivity contribution in [2.45, 2.75) is 56.4 Å². The Morgan fingerprint density at radius 1 is 1.21 bits per heavy atom. The highest BCUT2D eigenvalue weighted by molar-refractivity contribution is 9.10. The third-order valence-corrected chi connectivity index (χ3v) is 8.04. The van der Waals surface area contributed by atoms with Crippen LogP contribution in [0.5, 0.6) is 0 Å². The zero-order valence-electron chi connectivity index (χ0n) is 16.3. The second kappa shape index (κ2) is 8.05. The maximum Gasteiger partial charge on any atom is 0.242 e. The van der Waals surface area contributed by atoms with Crippen molar-refractivity contribution >= 4 is 37.5 Å². The summed E-state index contributed by atoms with van der Waals surface area (Å²) in [5, 5.41) is 0. The highest BCUT2D eigenvalue weighted by atomic mass is 79.9. The number of likely N-dealkylation sites (tertiary alicyclic amines) is 1. The Bertz CT molecular complexity index is 870. The summed E-state index contributed by atoms with van der Waals surface area (Å²) in [6.07, 6.45) is 6.11. The smallest absolute Gasteiger partial charge is 0.242 e. The second-order valence-corrected chi connectivity index (χ2v) is 10.9. The fourth-order valence-corrected chi connectivity index (χ4v) is 6.29. The minimum atomic E-state index is -3.70. The van der Waals surface area contributed by atoms with E-state index in [0.29, 0.717) is 37.8 Å². The number of fused-ring (bicyclic) bond motifs is 1. The van der Waals surface area contributed by atoms with E-state index in [1.165, 1.54) is 19.3 Å². The summed E-state index contributed by atoms with van der Waals surface area (Å²) in [7, 11) is -3.70. The Morgan fingerprint density at radius 2 is 2.00 bits per heavy atom. The predicted molar refractivity (Wildman–Crippen MR) is 113 cm³/mol. The molecule has 1 aliphatic carbocycles. The average Bonchev–Trinajstić information content (AvgIpc) is 3.42. The molecule has 1 amide bonds. The first-order valence-electron chi connectivity index (χ1n) is 10.2. The number of halogens is 1. The lowest BCUT2D eigenvalue weighted by Crippen LogP contribution is -2.42. The van der Waals surface area contributed by atoms with Crippen LogP contribution in [0, 0.1) is 5.92 Å². The molecule has 0 unspecified atom stereocenters. The van der Waals surface area contributed by atoms with Crippen LogP contribution < -0.4 is 9.62 Å². The largest absolute Gasteiger partial charge is 0.310 e. The first kappa shape index (κ1) is 20.3. The summed E-state index contributed by atoms with van der Waals surface area (Å²) in [5.41, 5.74) is 1.51. The Balaban J connectivity index is 1.53. The second-order valence-electron chi connectivity index (χ2n) is 8.20. The standard InChI is InChI=1S/C20H28BrN3O3S/c1-14-4-2-3-9-23(14)11-8-22-28(26,27)18-13-17(21)12-16-7-10-24(19(16)18)20(25)15-5-6-15/h12-15,22H,2-11H2,1H3/t14-/m1/s1. The molecule has 2 fully saturated rings. The summed E-state index contributed by atoms with van der Waals surface area (Å²) in [6.45, 7) is 4.88. The van der Waals surface area contributed by atoms with Crippen LogP contribution in [0.1, 0.15) is 44.6 Å². The number of piperidine rings is 1. The van der Waals surface area contributed by atoms with Gasteiger partial charge in [-0.25, -0.2) is 13.1 Å². The molecule has 154 valence electrons. The fourth-order valence-electron chi connectivity index (χ4n) is 4.34. The van der Waals surface area contributed by atoms with Gasteiger partial charge in [0.1, 0.15) is 4.90 Å². The van der Waals surface area contributed by atoms with Gasteiger partial charge in [-0.1, -0.05) is 22.4 Å². The average molecular weight is 470 g/mol. The van der Waals surface area contributed by atoms with Gasteiger partial charge in [0.05, 0.1) is 5.69 Å². The number of hydrogen-bond acceptors (Lipinski definition) is 4. The minimum Gasteiger partial charge on any atom is -0.310 e. The molecular weight excluding hydrogens is 442 g/mol. The number of hydrogen-bond donors (Lipinski definition) is 1. The third-order valence-electron chi connectivity index (χ3n) is 6.11. The molecule has 8 heteroatoms. The first-order chi connectivity index (χ1) is 13.4. The van der Waals surface area contributed by atoms with Gasteiger partial charge < -0.3 is 4.90 Å². The number of benzene rings is 1. The van der Waals surface area contributed by atoms with Gasteiger partial charge >= 0.3 is 0 Å². The van der Waals surface area contributed by atoms with E-state index in [-0.39, 0.29) is 16.7 Å². The van der Waals surface area contributed by atoms with Crippen molar-refractivity contribution in [1.82, 2.24) is 9.62 Å². The molecule has 1 atom stereocenters. The number of amides is 1. The molecule has 28 heavy (non-hydrogen) atoms. The van der Waals surface area contributed by atoms with Crippen molar-refractivity contribution < 1.29 is 13.2 Å². The number of sulfonamides is 1. The van der Waals surface area contributed by atoms with E-state index < -0.39 is 10.0 Å². The molecule has 0 bridgehead atoms. The zero-order valence-corrected chi connectivity index (χ0v) is 18.7. The summed E-state index contributed by atoms with van der Waals surface area (Å²) in [5.74, 6) is 0.137. The molecule has 2 aliphatic heterocycles. The van der Waals surface area contributed by atoms with Crippen LogP contribution in [-0.4, -0.2) is 51.4 Å². The molecule has 1 aromatic carbocycles. The van der Waals surface area contributed by atoms with Gasteiger partial charge in [0.2, 0.25) is 15.9 Å². The topological polar surface area (TPSA) is 69.7 Å². The summed E-state index contributed by atoms with van der Waals surface area (Å²) in [6, 6.07) is 4.06. The molecule has 0 spiro atoms. The SMILES string of the molecule is C[C@@H]1CCCCN1CCNS(=O)(=O)c1cc(Br)cc2c1N(C(=O)C1CC1)CC2. The van der Waals surface area contributed by atoms with Gasteiger partial charge in [0, 0.05) is 36.1 Å². The summed E-state index contributed by atoms with van der Waals surface area (Å²) >= 11 is 3.44. The molecule has 0 aromatic heterocycles. The van der Waals surface area contributed by atoms with E-state index in [9.17, 15) is 13.2 Å². The Kier molecular flexibility index (Phi) is 5.84. The highest BCUT2D eigenvalue weighted by Crippen LogP contribution is 2.41. The third kappa shape index (κ3) is 4.15. The number of anilines is 1. The lowest BCUT2D eigenvalue weighted by Gasteiger charge is -2.33. The zero-order chi connectivity index (χ0) is 19.9. The van der Waals surface area contributed by atoms with E-state index in [4.69, 9.17) is 0 Å². The number of nitrogens with one attached hydrogen (secondary N) is 1. The lowest BCUT2D eigenvalue weighted by atomic mass is 10.0. The monoisotopic (exact) mass is 469 g/mol. The van der Waals surface area contributed by atoms with E-state index >= 15 is 0 Å². The van der Waals surface area contributed by atoms with Crippen molar-refractivity contribution in [3.8, 4) is 0 Å². The van der Waals surface area contributed by atoms with Crippen molar-refractivity contribution in [3.63, 3.8) is 0 Å². The van der Waals surface area contributed by atoms with Crippen molar-refractivity contribution in [3.05, 3.63) is 22.2 Å². The predicted octanol–water partition coefficient (Wildman–Crippen LogP) is 2.90. The molecule has 1 aromatic rings. The normalized spacial score (nSPS) is 23.1. The Labute approximate surface area is 175 Å². The van der Waals surface area contributed by atoms with Crippen LogP contribution in [-0.2, 0) is 21.2 Å². The quantitative estimate of drug-likeness (QED) is 0.695. The fraction of sp³-hybridized carbons (Fsp3) is 0.650. The molecule has 0 radical (unpaired) electrons. The number of carbonyl (C=O) groups excluding carboxylic acids is 1. The van der Waals surface area contributed by atoms with Crippen LogP contribution in [0.25, 0.3) is 0 Å². The molecule has 1 saturated heterocycles. The highest BCUT2D eigenvalue weighted by Gasteiger charge is 2.39. The number of rotatable bonds is 6. The van der Waals surface area contributed by atoms with Crippen molar-refractivity contribution in [2.24, 2.45) is 5.92 Å². The minimum absolute atomic E-state index is 0.0682. The Morgan fingerprint density at radius 3 is 2.71 bits per heavy atom. The molecule has 1 N–H and O–H groups in total. The Hall–Kier alpha value is -0.960. The molecule has 4 rings (SSSR count). The lowest BCUT2D eigenvalue weighted by molar-refractivity contribution is -0.119. The molecule has 2 heterocycles. The van der Waals surface area contributed by atoms with Gasteiger partial charge in [-0.05, 0) is 63.3 Å². The van der Waals surface area contributed by atoms with Gasteiger partial charge in [-0.2, -0.15) is 0 Å². The number of nitrogens with zero attached hydrogens (tertiary/aromatic N) is 2. The molecular formula is C20H28BrN3O3S. The number of carbonyl (C=O) groups is 1. The van der Waals surface area contributed by atoms with E-state index in [1.54, 1.807) is 11.0 Å².